The molecule has 1 aliphatic rings. The molecule has 182 valence electrons. The third kappa shape index (κ3) is 4.97. The molecule has 5 rings (SSSR count). The van der Waals surface area contributed by atoms with Gasteiger partial charge in [0.15, 0.2) is 11.0 Å². The molecule has 0 N–H and O–H groups in total. The summed E-state index contributed by atoms with van der Waals surface area (Å²) in [6, 6.07) is 18.6. The van der Waals surface area contributed by atoms with E-state index in [9.17, 15) is 8.42 Å². The Bertz CT molecular complexity index is 1440. The van der Waals surface area contributed by atoms with Gasteiger partial charge in [0.05, 0.1) is 6.61 Å². The zero-order valence-corrected chi connectivity index (χ0v) is 21.3. The van der Waals surface area contributed by atoms with Crippen LogP contribution >= 0.6 is 23.4 Å². The van der Waals surface area contributed by atoms with Crippen LogP contribution < -0.4 is 9.64 Å². The maximum atomic E-state index is 13.5. The Morgan fingerprint density at radius 1 is 1.00 bits per heavy atom. The highest BCUT2D eigenvalue weighted by Crippen LogP contribution is 2.36. The average Bonchev–Trinajstić information content (AvgIpc) is 3.36. The molecule has 0 bridgehead atoms. The number of hydrogen-bond acceptors (Lipinski definition) is 8. The quantitative estimate of drug-likeness (QED) is 0.332. The lowest BCUT2D eigenvalue weighted by Crippen LogP contribution is -2.48. The second kappa shape index (κ2) is 10.1. The summed E-state index contributed by atoms with van der Waals surface area (Å²) in [5, 5.41) is 8.63. The highest BCUT2D eigenvalue weighted by atomic mass is 35.5. The van der Waals surface area contributed by atoms with E-state index in [1.165, 1.54) is 16.1 Å². The van der Waals surface area contributed by atoms with E-state index in [1.807, 2.05) is 55.5 Å². The number of aromatic nitrogens is 2. The number of piperazine rings is 1. The molecule has 35 heavy (non-hydrogen) atoms. The van der Waals surface area contributed by atoms with E-state index in [4.69, 9.17) is 21.0 Å². The van der Waals surface area contributed by atoms with E-state index in [0.717, 1.165) is 21.2 Å². The number of anilines is 1. The van der Waals surface area contributed by atoms with Crippen molar-refractivity contribution in [1.82, 2.24) is 14.6 Å². The molecule has 0 saturated carbocycles. The van der Waals surface area contributed by atoms with Crippen molar-refractivity contribution in [2.45, 2.75) is 21.6 Å². The van der Waals surface area contributed by atoms with Gasteiger partial charge in [0, 0.05) is 46.7 Å². The van der Waals surface area contributed by atoms with Crippen LogP contribution in [0.1, 0.15) is 6.92 Å². The average molecular weight is 531 g/mol. The van der Waals surface area contributed by atoms with Crippen molar-refractivity contribution in [3.05, 3.63) is 65.7 Å². The molecule has 0 amide bonds. The van der Waals surface area contributed by atoms with Gasteiger partial charge in [-0.2, -0.15) is 4.31 Å². The first-order valence-corrected chi connectivity index (χ1v) is 13.8. The molecule has 4 aromatic rings. The third-order valence-corrected chi connectivity index (χ3v) is 8.96. The van der Waals surface area contributed by atoms with Gasteiger partial charge in [0.25, 0.3) is 0 Å². The van der Waals surface area contributed by atoms with Crippen LogP contribution in [0.5, 0.6) is 5.75 Å². The Morgan fingerprint density at radius 3 is 2.49 bits per heavy atom. The van der Waals surface area contributed by atoms with Crippen molar-refractivity contribution >= 4 is 50.1 Å². The van der Waals surface area contributed by atoms with Crippen LogP contribution in [0.25, 0.3) is 11.0 Å². The lowest BCUT2D eigenvalue weighted by molar-refractivity contribution is 0.314. The Kier molecular flexibility index (Phi) is 6.88. The number of benzene rings is 3. The monoisotopic (exact) mass is 530 g/mol. The van der Waals surface area contributed by atoms with Gasteiger partial charge in [0.2, 0.25) is 10.0 Å². The third-order valence-electron chi connectivity index (χ3n) is 5.73. The molecule has 1 aromatic heterocycles. The minimum atomic E-state index is -3.78. The molecule has 11 heteroatoms. The summed E-state index contributed by atoms with van der Waals surface area (Å²) in [6.45, 7) is 4.38. The number of sulfonamides is 1. The molecule has 0 aliphatic carbocycles. The van der Waals surface area contributed by atoms with Crippen LogP contribution in [-0.4, -0.2) is 55.8 Å². The van der Waals surface area contributed by atoms with Crippen LogP contribution in [0.4, 0.5) is 5.69 Å². The summed E-state index contributed by atoms with van der Waals surface area (Å²) < 4.78 is 39.1. The van der Waals surface area contributed by atoms with Gasteiger partial charge in [0.1, 0.15) is 10.6 Å². The van der Waals surface area contributed by atoms with Gasteiger partial charge in [-0.15, -0.1) is 0 Å². The first-order chi connectivity index (χ1) is 17.0. The summed E-state index contributed by atoms with van der Waals surface area (Å²) in [6.07, 6.45) is 0. The van der Waals surface area contributed by atoms with Crippen molar-refractivity contribution in [3.63, 3.8) is 0 Å². The van der Waals surface area contributed by atoms with E-state index in [1.54, 1.807) is 12.1 Å². The van der Waals surface area contributed by atoms with E-state index >= 15 is 0 Å². The first-order valence-electron chi connectivity index (χ1n) is 11.1. The SMILES string of the molecule is CCOc1cccc(Sc2ccc(S(=O)(=O)N3CCN(c4ccc(Cl)cc4)CC3)c3nonc23)c1. The minimum absolute atomic E-state index is 0.0982. The van der Waals surface area contributed by atoms with Crippen LogP contribution in [0.3, 0.4) is 0 Å². The fourth-order valence-electron chi connectivity index (χ4n) is 4.01. The number of halogens is 1. The molecule has 2 heterocycles. The Morgan fingerprint density at radius 2 is 1.74 bits per heavy atom. The van der Waals surface area contributed by atoms with Gasteiger partial charge in [-0.3, -0.25) is 0 Å². The molecule has 0 spiro atoms. The zero-order valence-electron chi connectivity index (χ0n) is 18.9. The predicted molar refractivity (Wildman–Crippen MR) is 136 cm³/mol. The molecule has 1 aliphatic heterocycles. The molecular weight excluding hydrogens is 508 g/mol. The number of fused-ring (bicyclic) bond motifs is 1. The van der Waals surface area contributed by atoms with Crippen molar-refractivity contribution in [2.75, 3.05) is 37.7 Å². The molecule has 0 atom stereocenters. The van der Waals surface area contributed by atoms with Gasteiger partial charge in [-0.25, -0.2) is 13.0 Å². The summed E-state index contributed by atoms with van der Waals surface area (Å²) in [4.78, 5) is 3.93. The van der Waals surface area contributed by atoms with Gasteiger partial charge >= 0.3 is 0 Å². The fraction of sp³-hybridized carbons (Fsp3) is 0.250. The topological polar surface area (TPSA) is 88.8 Å². The van der Waals surface area contributed by atoms with E-state index in [0.29, 0.717) is 43.3 Å². The molecule has 3 aromatic carbocycles. The van der Waals surface area contributed by atoms with E-state index in [-0.39, 0.29) is 10.4 Å². The molecule has 1 saturated heterocycles. The summed E-state index contributed by atoms with van der Waals surface area (Å²) in [5.74, 6) is 0.768. The lowest BCUT2D eigenvalue weighted by atomic mass is 10.2. The summed E-state index contributed by atoms with van der Waals surface area (Å²) >= 11 is 7.43. The van der Waals surface area contributed by atoms with E-state index < -0.39 is 10.0 Å². The van der Waals surface area contributed by atoms with Crippen molar-refractivity contribution < 1.29 is 17.8 Å². The summed E-state index contributed by atoms with van der Waals surface area (Å²) in [5.41, 5.74) is 1.66. The summed E-state index contributed by atoms with van der Waals surface area (Å²) in [7, 11) is -3.78. The number of rotatable bonds is 7. The van der Waals surface area contributed by atoms with Crippen LogP contribution in [0.15, 0.2) is 80.0 Å². The number of nitrogens with zero attached hydrogens (tertiary/aromatic N) is 4. The highest BCUT2D eigenvalue weighted by molar-refractivity contribution is 7.99. The molecule has 0 unspecified atom stereocenters. The van der Waals surface area contributed by atoms with Crippen LogP contribution in [-0.2, 0) is 10.0 Å². The maximum Gasteiger partial charge on any atom is 0.245 e. The van der Waals surface area contributed by atoms with Crippen LogP contribution in [0, 0.1) is 0 Å². The minimum Gasteiger partial charge on any atom is -0.494 e. The highest BCUT2D eigenvalue weighted by Gasteiger charge is 2.32. The van der Waals surface area contributed by atoms with Crippen molar-refractivity contribution in [2.24, 2.45) is 0 Å². The first kappa shape index (κ1) is 23.9. The van der Waals surface area contributed by atoms with Crippen molar-refractivity contribution in [1.29, 1.82) is 0 Å². The molecular formula is C24H23ClN4O4S2. The van der Waals surface area contributed by atoms with Gasteiger partial charge in [-0.1, -0.05) is 29.4 Å². The fourth-order valence-corrected chi connectivity index (χ4v) is 6.62. The Hall–Kier alpha value is -2.79. The largest absolute Gasteiger partial charge is 0.494 e. The molecule has 8 nitrogen and oxygen atoms in total. The second-order valence-corrected chi connectivity index (χ2v) is 11.4. The molecule has 1 fully saturated rings. The molecule has 0 radical (unpaired) electrons. The smallest absolute Gasteiger partial charge is 0.245 e. The van der Waals surface area contributed by atoms with Crippen LogP contribution in [0.2, 0.25) is 5.02 Å². The van der Waals surface area contributed by atoms with Crippen molar-refractivity contribution in [3.8, 4) is 5.75 Å². The zero-order chi connectivity index (χ0) is 24.4. The second-order valence-electron chi connectivity index (χ2n) is 7.90. The number of hydrogen-bond donors (Lipinski definition) is 0. The Labute approximate surface area is 212 Å². The lowest BCUT2D eigenvalue weighted by Gasteiger charge is -2.35. The number of ether oxygens (including phenoxy) is 1. The maximum absolute atomic E-state index is 13.5. The normalized spacial score (nSPS) is 15.0. The predicted octanol–water partition coefficient (Wildman–Crippen LogP) is 4.94. The van der Waals surface area contributed by atoms with E-state index in [2.05, 4.69) is 15.2 Å². The Balaban J connectivity index is 1.37. The van der Waals surface area contributed by atoms with Gasteiger partial charge < -0.3 is 9.64 Å². The standard InChI is InChI=1S/C24H23ClN4O4S2/c1-2-32-19-4-3-5-20(16-19)34-21-10-11-22(24-23(21)26-33-27-24)35(30,31)29-14-12-28(13-15-29)18-8-6-17(25)7-9-18/h3-11,16H,2,12-15H2,1H3. The van der Waals surface area contributed by atoms with Gasteiger partial charge in [-0.05, 0) is 71.8 Å².